The van der Waals surface area contributed by atoms with Crippen molar-refractivity contribution in [1.82, 2.24) is 0 Å². The molecule has 4 aromatic rings. The Morgan fingerprint density at radius 1 is 0.806 bits per heavy atom. The average Bonchev–Trinajstić information content (AvgIpc) is 2.79. The van der Waals surface area contributed by atoms with E-state index in [-0.39, 0.29) is 11.4 Å². The highest BCUT2D eigenvalue weighted by Gasteiger charge is 2.27. The lowest BCUT2D eigenvalue weighted by Crippen LogP contribution is -2.38. The lowest BCUT2D eigenvalue weighted by atomic mass is 10.1. The van der Waals surface area contributed by atoms with E-state index in [2.05, 4.69) is 5.32 Å². The summed E-state index contributed by atoms with van der Waals surface area (Å²) < 4.78 is 27.9. The Labute approximate surface area is 182 Å². The molecule has 0 atom stereocenters. The van der Waals surface area contributed by atoms with E-state index in [0.717, 1.165) is 20.6 Å². The number of anilines is 2. The minimum absolute atomic E-state index is 0.133. The van der Waals surface area contributed by atoms with Gasteiger partial charge in [0, 0.05) is 11.1 Å². The largest absolute Gasteiger partial charge is 0.324 e. The van der Waals surface area contributed by atoms with Crippen LogP contribution in [0.3, 0.4) is 0 Å². The zero-order chi connectivity index (χ0) is 21.8. The number of sulfonamides is 1. The Hall–Kier alpha value is -3.64. The summed E-state index contributed by atoms with van der Waals surface area (Å²) in [7, 11) is -3.92. The molecule has 0 bridgehead atoms. The summed E-state index contributed by atoms with van der Waals surface area (Å²) in [6.07, 6.45) is 0. The number of amides is 1. The van der Waals surface area contributed by atoms with Gasteiger partial charge in [-0.2, -0.15) is 0 Å². The number of nitrogens with zero attached hydrogens (tertiary/aromatic N) is 1. The van der Waals surface area contributed by atoms with Crippen LogP contribution in [-0.2, 0) is 14.8 Å². The van der Waals surface area contributed by atoms with Gasteiger partial charge in [0.15, 0.2) is 0 Å². The maximum Gasteiger partial charge on any atom is 0.264 e. The average molecular weight is 431 g/mol. The molecular weight excluding hydrogens is 408 g/mol. The third kappa shape index (κ3) is 4.44. The van der Waals surface area contributed by atoms with Crippen molar-refractivity contribution < 1.29 is 13.2 Å². The minimum atomic E-state index is -3.92. The lowest BCUT2D eigenvalue weighted by Gasteiger charge is -2.24. The number of carbonyl (C=O) groups is 1. The third-order valence-electron chi connectivity index (χ3n) is 5.00. The van der Waals surface area contributed by atoms with Crippen LogP contribution in [0.1, 0.15) is 5.56 Å². The number of benzene rings is 4. The molecule has 5 nitrogen and oxygen atoms in total. The van der Waals surface area contributed by atoms with Crippen molar-refractivity contribution in [2.45, 2.75) is 11.8 Å². The molecule has 1 N–H and O–H groups in total. The standard InChI is InChI=1S/C25H22N2O3S/c1-19-14-16-21(17-15-19)27(31(29,30)22-10-3-2-4-11-22)18-25(28)26-24-13-7-9-20-8-5-6-12-23(20)24/h2-17H,18H2,1H3,(H,26,28). The molecule has 0 aliphatic heterocycles. The Balaban J connectivity index is 1.67. The Morgan fingerprint density at radius 3 is 2.19 bits per heavy atom. The summed E-state index contributed by atoms with van der Waals surface area (Å²) >= 11 is 0. The second-order valence-corrected chi connectivity index (χ2v) is 9.10. The number of aryl methyl sites for hydroxylation is 1. The Kier molecular flexibility index (Phi) is 5.73. The second-order valence-electron chi connectivity index (χ2n) is 7.24. The van der Waals surface area contributed by atoms with Gasteiger partial charge in [-0.15, -0.1) is 0 Å². The van der Waals surface area contributed by atoms with Crippen LogP contribution in [-0.4, -0.2) is 20.9 Å². The predicted molar refractivity (Wildman–Crippen MR) is 125 cm³/mol. The highest BCUT2D eigenvalue weighted by molar-refractivity contribution is 7.92. The Bertz CT molecular complexity index is 1310. The minimum Gasteiger partial charge on any atom is -0.324 e. The number of hydrogen-bond donors (Lipinski definition) is 1. The monoisotopic (exact) mass is 430 g/mol. The molecule has 0 aliphatic carbocycles. The van der Waals surface area contributed by atoms with Gasteiger partial charge in [-0.3, -0.25) is 9.10 Å². The molecule has 6 heteroatoms. The van der Waals surface area contributed by atoms with Gasteiger partial charge < -0.3 is 5.32 Å². The van der Waals surface area contributed by atoms with Crippen LogP contribution in [0.2, 0.25) is 0 Å². The van der Waals surface area contributed by atoms with Crippen molar-refractivity contribution in [3.63, 3.8) is 0 Å². The van der Waals surface area contributed by atoms with E-state index >= 15 is 0 Å². The topological polar surface area (TPSA) is 66.5 Å². The zero-order valence-corrected chi connectivity index (χ0v) is 17.8. The zero-order valence-electron chi connectivity index (χ0n) is 17.0. The van der Waals surface area contributed by atoms with Crippen LogP contribution in [0.25, 0.3) is 10.8 Å². The molecule has 0 saturated carbocycles. The first-order valence-electron chi connectivity index (χ1n) is 9.87. The van der Waals surface area contributed by atoms with Gasteiger partial charge in [-0.25, -0.2) is 8.42 Å². The van der Waals surface area contributed by atoms with Gasteiger partial charge >= 0.3 is 0 Å². The van der Waals surface area contributed by atoms with E-state index in [9.17, 15) is 13.2 Å². The van der Waals surface area contributed by atoms with Crippen LogP contribution in [0, 0.1) is 6.92 Å². The summed E-state index contributed by atoms with van der Waals surface area (Å²) in [5.41, 5.74) is 2.08. The molecule has 1 amide bonds. The highest BCUT2D eigenvalue weighted by Crippen LogP contribution is 2.26. The predicted octanol–water partition coefficient (Wildman–Crippen LogP) is 4.98. The molecule has 0 saturated heterocycles. The van der Waals surface area contributed by atoms with Crippen molar-refractivity contribution in [1.29, 1.82) is 0 Å². The maximum atomic E-state index is 13.4. The van der Waals surface area contributed by atoms with Gasteiger partial charge in [0.25, 0.3) is 10.0 Å². The molecule has 31 heavy (non-hydrogen) atoms. The van der Waals surface area contributed by atoms with Gasteiger partial charge in [0.1, 0.15) is 6.54 Å². The van der Waals surface area contributed by atoms with Crippen LogP contribution in [0.5, 0.6) is 0 Å². The number of fused-ring (bicyclic) bond motifs is 1. The fourth-order valence-corrected chi connectivity index (χ4v) is 4.84. The van der Waals surface area contributed by atoms with Gasteiger partial charge in [-0.05, 0) is 42.6 Å². The first-order valence-corrected chi connectivity index (χ1v) is 11.3. The summed E-state index contributed by atoms with van der Waals surface area (Å²) in [5, 5.41) is 4.76. The normalized spacial score (nSPS) is 11.3. The molecule has 156 valence electrons. The molecule has 0 aliphatic rings. The second kappa shape index (κ2) is 8.62. The van der Waals surface area contributed by atoms with Crippen molar-refractivity contribution in [2.75, 3.05) is 16.2 Å². The molecule has 0 aromatic heterocycles. The Morgan fingerprint density at radius 2 is 1.45 bits per heavy atom. The summed E-state index contributed by atoms with van der Waals surface area (Å²) in [5.74, 6) is -0.420. The van der Waals surface area contributed by atoms with Gasteiger partial charge in [0.2, 0.25) is 5.91 Å². The van der Waals surface area contributed by atoms with Crippen molar-refractivity contribution in [2.24, 2.45) is 0 Å². The maximum absolute atomic E-state index is 13.4. The third-order valence-corrected chi connectivity index (χ3v) is 6.79. The van der Waals surface area contributed by atoms with Crippen molar-refractivity contribution >= 4 is 38.1 Å². The fraction of sp³-hybridized carbons (Fsp3) is 0.0800. The molecule has 0 unspecified atom stereocenters. The SMILES string of the molecule is Cc1ccc(N(CC(=O)Nc2cccc3ccccc23)S(=O)(=O)c2ccccc2)cc1. The summed E-state index contributed by atoms with van der Waals surface area (Å²) in [6.45, 7) is 1.58. The molecule has 4 rings (SSSR count). The molecule has 0 radical (unpaired) electrons. The highest BCUT2D eigenvalue weighted by atomic mass is 32.2. The number of rotatable bonds is 6. The van der Waals surface area contributed by atoms with Crippen LogP contribution < -0.4 is 9.62 Å². The van der Waals surface area contributed by atoms with E-state index in [1.807, 2.05) is 61.5 Å². The molecule has 0 fully saturated rings. The van der Waals surface area contributed by atoms with Crippen LogP contribution in [0.15, 0.2) is 102 Å². The van der Waals surface area contributed by atoms with E-state index in [1.165, 1.54) is 12.1 Å². The first kappa shape index (κ1) is 20.6. The van der Waals surface area contributed by atoms with Crippen molar-refractivity contribution in [3.8, 4) is 0 Å². The molecular formula is C25H22N2O3S. The van der Waals surface area contributed by atoms with E-state index < -0.39 is 15.9 Å². The van der Waals surface area contributed by atoms with E-state index in [0.29, 0.717) is 11.4 Å². The quantitative estimate of drug-likeness (QED) is 0.469. The van der Waals surface area contributed by atoms with E-state index in [1.54, 1.807) is 30.3 Å². The smallest absolute Gasteiger partial charge is 0.264 e. The molecule has 0 heterocycles. The van der Waals surface area contributed by atoms with E-state index in [4.69, 9.17) is 0 Å². The summed E-state index contributed by atoms with van der Waals surface area (Å²) in [4.78, 5) is 13.1. The number of nitrogens with one attached hydrogen (secondary N) is 1. The lowest BCUT2D eigenvalue weighted by molar-refractivity contribution is -0.114. The van der Waals surface area contributed by atoms with Crippen molar-refractivity contribution in [3.05, 3.63) is 103 Å². The molecule has 0 spiro atoms. The van der Waals surface area contributed by atoms with Gasteiger partial charge in [0.05, 0.1) is 10.6 Å². The van der Waals surface area contributed by atoms with Gasteiger partial charge in [-0.1, -0.05) is 72.3 Å². The number of hydrogen-bond acceptors (Lipinski definition) is 3. The van der Waals surface area contributed by atoms with Crippen LogP contribution in [0.4, 0.5) is 11.4 Å². The molecule has 4 aromatic carbocycles. The van der Waals surface area contributed by atoms with Crippen LogP contribution >= 0.6 is 0 Å². The fourth-order valence-electron chi connectivity index (χ4n) is 3.40. The number of carbonyl (C=O) groups excluding carboxylic acids is 1. The summed E-state index contributed by atoms with van der Waals surface area (Å²) in [6, 6.07) is 28.5. The first-order chi connectivity index (χ1) is 14.9.